The van der Waals surface area contributed by atoms with E-state index in [1.807, 2.05) is 30.3 Å². The first-order valence-electron chi connectivity index (χ1n) is 10.8. The maximum atomic E-state index is 5.56. The summed E-state index contributed by atoms with van der Waals surface area (Å²) in [6, 6.07) is 20.7. The van der Waals surface area contributed by atoms with Gasteiger partial charge in [-0.25, -0.2) is 4.98 Å². The van der Waals surface area contributed by atoms with Crippen molar-refractivity contribution in [3.8, 4) is 22.8 Å². The number of pyridine rings is 1. The Balaban J connectivity index is 1.41. The number of benzene rings is 2. The Hall–Kier alpha value is -3.71. The quantitative estimate of drug-likeness (QED) is 0.512. The zero-order chi connectivity index (χ0) is 21.5. The standard InChI is InChI=1S/C25H24N4O3/c1-17-3-2-4-23-27-24(18-5-8-20(9-6-18)28-11-13-30-14-12-28)25(29(17)23)26-19-7-10-21-22(15-19)32-16-31-21/h2-10,15,26H,11-14,16H2,1H3. The zero-order valence-electron chi connectivity index (χ0n) is 17.9. The molecule has 2 aliphatic rings. The third-order valence-corrected chi connectivity index (χ3v) is 5.99. The predicted molar refractivity (Wildman–Crippen MR) is 124 cm³/mol. The molecule has 0 radical (unpaired) electrons. The Kier molecular flexibility index (Phi) is 4.61. The molecule has 4 heterocycles. The largest absolute Gasteiger partial charge is 0.454 e. The molecule has 2 aromatic heterocycles. The number of rotatable bonds is 4. The summed E-state index contributed by atoms with van der Waals surface area (Å²) in [7, 11) is 0. The van der Waals surface area contributed by atoms with Gasteiger partial charge in [0, 0.05) is 41.8 Å². The number of hydrogen-bond donors (Lipinski definition) is 1. The van der Waals surface area contributed by atoms with Gasteiger partial charge in [-0.2, -0.15) is 0 Å². The van der Waals surface area contributed by atoms with Gasteiger partial charge in [0.1, 0.15) is 17.2 Å². The minimum atomic E-state index is 0.258. The van der Waals surface area contributed by atoms with E-state index in [-0.39, 0.29) is 6.79 Å². The summed E-state index contributed by atoms with van der Waals surface area (Å²) in [5, 5.41) is 3.58. The highest BCUT2D eigenvalue weighted by molar-refractivity contribution is 5.81. The van der Waals surface area contributed by atoms with Crippen LogP contribution in [0.15, 0.2) is 60.7 Å². The van der Waals surface area contributed by atoms with Gasteiger partial charge in [0.25, 0.3) is 0 Å². The third kappa shape index (κ3) is 3.31. The number of fused-ring (bicyclic) bond motifs is 2. The van der Waals surface area contributed by atoms with Gasteiger partial charge in [-0.1, -0.05) is 18.2 Å². The molecule has 32 heavy (non-hydrogen) atoms. The van der Waals surface area contributed by atoms with E-state index in [0.29, 0.717) is 0 Å². The lowest BCUT2D eigenvalue weighted by molar-refractivity contribution is 0.122. The first-order valence-corrected chi connectivity index (χ1v) is 10.8. The molecule has 1 saturated heterocycles. The van der Waals surface area contributed by atoms with Gasteiger partial charge in [-0.05, 0) is 43.3 Å². The topological polar surface area (TPSA) is 60.3 Å². The number of hydrogen-bond acceptors (Lipinski definition) is 6. The van der Waals surface area contributed by atoms with Gasteiger partial charge in [-0.15, -0.1) is 0 Å². The van der Waals surface area contributed by atoms with E-state index < -0.39 is 0 Å². The van der Waals surface area contributed by atoms with Crippen LogP contribution in [0.2, 0.25) is 0 Å². The highest BCUT2D eigenvalue weighted by Crippen LogP contribution is 2.37. The number of ether oxygens (including phenoxy) is 3. The van der Waals surface area contributed by atoms with Crippen molar-refractivity contribution in [3.05, 3.63) is 66.4 Å². The number of imidazole rings is 1. The van der Waals surface area contributed by atoms with Gasteiger partial charge in [0.15, 0.2) is 11.5 Å². The van der Waals surface area contributed by atoms with E-state index >= 15 is 0 Å². The molecule has 0 saturated carbocycles. The van der Waals surface area contributed by atoms with Crippen LogP contribution in [0.3, 0.4) is 0 Å². The molecule has 2 aromatic carbocycles. The first kappa shape index (κ1) is 19.0. The summed E-state index contributed by atoms with van der Waals surface area (Å²) in [6.45, 7) is 5.74. The molecule has 162 valence electrons. The summed E-state index contributed by atoms with van der Waals surface area (Å²) in [5.74, 6) is 2.44. The van der Waals surface area contributed by atoms with Gasteiger partial charge in [0.05, 0.1) is 13.2 Å². The molecule has 0 aliphatic carbocycles. The molecule has 1 fully saturated rings. The van der Waals surface area contributed by atoms with Crippen LogP contribution in [-0.4, -0.2) is 42.5 Å². The van der Waals surface area contributed by atoms with Gasteiger partial charge in [-0.3, -0.25) is 4.40 Å². The van der Waals surface area contributed by atoms with Crippen LogP contribution < -0.4 is 19.7 Å². The van der Waals surface area contributed by atoms with Gasteiger partial charge < -0.3 is 24.4 Å². The van der Waals surface area contributed by atoms with E-state index in [9.17, 15) is 0 Å². The summed E-state index contributed by atoms with van der Waals surface area (Å²) in [5.41, 5.74) is 6.11. The molecule has 0 atom stereocenters. The van der Waals surface area contributed by atoms with Gasteiger partial charge >= 0.3 is 0 Å². The lowest BCUT2D eigenvalue weighted by Gasteiger charge is -2.28. The number of aromatic nitrogens is 2. The molecule has 7 nitrogen and oxygen atoms in total. The Bertz CT molecular complexity index is 1280. The van der Waals surface area contributed by atoms with E-state index in [1.165, 1.54) is 5.69 Å². The number of morpholine rings is 1. The maximum Gasteiger partial charge on any atom is 0.231 e. The second kappa shape index (κ2) is 7.76. The average Bonchev–Trinajstić information content (AvgIpc) is 3.45. The summed E-state index contributed by atoms with van der Waals surface area (Å²) in [4.78, 5) is 7.32. The first-order chi connectivity index (χ1) is 15.8. The Morgan fingerprint density at radius 3 is 2.56 bits per heavy atom. The van der Waals surface area contributed by atoms with Crippen molar-refractivity contribution in [2.45, 2.75) is 6.92 Å². The molecule has 0 unspecified atom stereocenters. The second-order valence-electron chi connectivity index (χ2n) is 8.01. The molecule has 0 spiro atoms. The molecule has 7 heteroatoms. The maximum absolute atomic E-state index is 5.56. The summed E-state index contributed by atoms with van der Waals surface area (Å²) in [6.07, 6.45) is 0. The predicted octanol–water partition coefficient (Wildman–Crippen LogP) is 4.62. The number of nitrogens with one attached hydrogen (secondary N) is 1. The molecule has 6 rings (SSSR count). The monoisotopic (exact) mass is 428 g/mol. The third-order valence-electron chi connectivity index (χ3n) is 5.99. The van der Waals surface area contributed by atoms with Crippen LogP contribution in [0.4, 0.5) is 17.2 Å². The zero-order valence-corrected chi connectivity index (χ0v) is 17.9. The molecule has 2 aliphatic heterocycles. The van der Waals surface area contributed by atoms with E-state index in [0.717, 1.165) is 71.9 Å². The lowest BCUT2D eigenvalue weighted by Crippen LogP contribution is -2.36. The van der Waals surface area contributed by atoms with Crippen molar-refractivity contribution < 1.29 is 14.2 Å². The van der Waals surface area contributed by atoms with E-state index in [1.54, 1.807) is 0 Å². The van der Waals surface area contributed by atoms with Crippen LogP contribution in [0.25, 0.3) is 16.9 Å². The fraction of sp³-hybridized carbons (Fsp3) is 0.240. The highest BCUT2D eigenvalue weighted by atomic mass is 16.7. The number of nitrogens with zero attached hydrogens (tertiary/aromatic N) is 3. The van der Waals surface area contributed by atoms with Crippen molar-refractivity contribution in [2.75, 3.05) is 43.3 Å². The SMILES string of the molecule is Cc1cccc2nc(-c3ccc(N4CCOCC4)cc3)c(Nc3ccc4c(c3)OCO4)n12. The molecule has 4 aromatic rings. The Morgan fingerprint density at radius 2 is 1.72 bits per heavy atom. The molecular weight excluding hydrogens is 404 g/mol. The van der Waals surface area contributed by atoms with Crippen LogP contribution in [0.5, 0.6) is 11.5 Å². The second-order valence-corrected chi connectivity index (χ2v) is 8.01. The Labute approximate surface area is 186 Å². The van der Waals surface area contributed by atoms with E-state index in [4.69, 9.17) is 19.2 Å². The van der Waals surface area contributed by atoms with Crippen LogP contribution in [0.1, 0.15) is 5.69 Å². The smallest absolute Gasteiger partial charge is 0.231 e. The lowest BCUT2D eigenvalue weighted by atomic mass is 10.1. The van der Waals surface area contributed by atoms with Crippen molar-refractivity contribution in [2.24, 2.45) is 0 Å². The fourth-order valence-corrected chi connectivity index (χ4v) is 4.33. The average molecular weight is 428 g/mol. The minimum Gasteiger partial charge on any atom is -0.454 e. The Morgan fingerprint density at radius 1 is 0.906 bits per heavy atom. The number of anilines is 3. The minimum absolute atomic E-state index is 0.258. The molecule has 0 bridgehead atoms. The van der Waals surface area contributed by atoms with Gasteiger partial charge in [0.2, 0.25) is 6.79 Å². The fourth-order valence-electron chi connectivity index (χ4n) is 4.33. The normalized spacial score (nSPS) is 15.3. The van der Waals surface area contributed by atoms with Crippen molar-refractivity contribution in [1.82, 2.24) is 9.38 Å². The molecule has 1 N–H and O–H groups in total. The van der Waals surface area contributed by atoms with E-state index in [2.05, 4.69) is 51.9 Å². The van der Waals surface area contributed by atoms with Crippen molar-refractivity contribution in [1.29, 1.82) is 0 Å². The van der Waals surface area contributed by atoms with Crippen molar-refractivity contribution in [3.63, 3.8) is 0 Å². The van der Waals surface area contributed by atoms with Crippen LogP contribution in [0, 0.1) is 6.92 Å². The summed E-state index contributed by atoms with van der Waals surface area (Å²) < 4.78 is 18.6. The van der Waals surface area contributed by atoms with Crippen molar-refractivity contribution >= 4 is 22.8 Å². The molecular formula is C25H24N4O3. The summed E-state index contributed by atoms with van der Waals surface area (Å²) >= 11 is 0. The van der Waals surface area contributed by atoms with Crippen LogP contribution >= 0.6 is 0 Å². The highest BCUT2D eigenvalue weighted by Gasteiger charge is 2.19. The van der Waals surface area contributed by atoms with Crippen LogP contribution in [-0.2, 0) is 4.74 Å². The number of aryl methyl sites for hydroxylation is 1. The molecule has 0 amide bonds.